The molecule has 5 heteroatoms. The van der Waals surface area contributed by atoms with Crippen LogP contribution in [0.5, 0.6) is 5.75 Å². The Morgan fingerprint density at radius 1 is 1.30 bits per heavy atom. The van der Waals surface area contributed by atoms with Gasteiger partial charge in [-0.05, 0) is 43.4 Å². The van der Waals surface area contributed by atoms with Crippen molar-refractivity contribution in [3.63, 3.8) is 0 Å². The molecule has 128 valence electrons. The number of benzene rings is 1. The summed E-state index contributed by atoms with van der Waals surface area (Å²) in [5.74, 6) is 1.09. The molecule has 5 nitrogen and oxygen atoms in total. The van der Waals surface area contributed by atoms with E-state index in [0.717, 1.165) is 43.4 Å². The van der Waals surface area contributed by atoms with Gasteiger partial charge >= 0.3 is 0 Å². The Morgan fingerprint density at radius 2 is 2.09 bits per heavy atom. The zero-order valence-corrected chi connectivity index (χ0v) is 13.9. The fourth-order valence-electron chi connectivity index (χ4n) is 2.91. The second kappa shape index (κ2) is 9.53. The molecule has 1 aliphatic rings. The first-order valence-corrected chi connectivity index (χ1v) is 8.43. The van der Waals surface area contributed by atoms with Crippen LogP contribution in [-0.2, 0) is 16.1 Å². The summed E-state index contributed by atoms with van der Waals surface area (Å²) in [5.41, 5.74) is 7.04. The number of amides is 1. The minimum atomic E-state index is 0.0963. The first-order valence-electron chi connectivity index (χ1n) is 8.43. The smallest absolute Gasteiger partial charge is 0.223 e. The fraction of sp³-hybridized carbons (Fsp3) is 0.611. The highest BCUT2D eigenvalue weighted by molar-refractivity contribution is 5.78. The third-order valence-corrected chi connectivity index (χ3v) is 4.28. The van der Waals surface area contributed by atoms with Crippen molar-refractivity contribution < 1.29 is 14.3 Å². The first kappa shape index (κ1) is 17.8. The molecule has 0 heterocycles. The van der Waals surface area contributed by atoms with Gasteiger partial charge in [-0.1, -0.05) is 18.6 Å². The normalized spacial score (nSPS) is 21.0. The number of hydrogen-bond acceptors (Lipinski definition) is 4. The molecule has 2 unspecified atom stereocenters. The lowest BCUT2D eigenvalue weighted by molar-refractivity contribution is -0.126. The van der Waals surface area contributed by atoms with Gasteiger partial charge in [0.15, 0.2) is 0 Å². The summed E-state index contributed by atoms with van der Waals surface area (Å²) in [7, 11) is 1.65. The van der Waals surface area contributed by atoms with Gasteiger partial charge in [0.25, 0.3) is 0 Å². The molecule has 2 rings (SSSR count). The predicted octanol–water partition coefficient (Wildman–Crippen LogP) is 2.24. The van der Waals surface area contributed by atoms with Crippen molar-refractivity contribution in [3.05, 3.63) is 29.8 Å². The van der Waals surface area contributed by atoms with Crippen molar-refractivity contribution in [2.24, 2.45) is 11.7 Å². The Morgan fingerprint density at radius 3 is 2.78 bits per heavy atom. The molecule has 0 aliphatic heterocycles. The molecule has 1 amide bonds. The van der Waals surface area contributed by atoms with Crippen molar-refractivity contribution in [2.45, 2.75) is 44.8 Å². The number of carbonyl (C=O) groups excluding carboxylic acids is 1. The molecule has 3 N–H and O–H groups in total. The van der Waals surface area contributed by atoms with Crippen LogP contribution in [0.1, 0.15) is 37.7 Å². The van der Waals surface area contributed by atoms with Gasteiger partial charge < -0.3 is 20.5 Å². The molecule has 0 saturated heterocycles. The average Bonchev–Trinajstić information content (AvgIpc) is 2.58. The zero-order valence-electron chi connectivity index (χ0n) is 13.9. The van der Waals surface area contributed by atoms with Crippen LogP contribution in [0.3, 0.4) is 0 Å². The number of methoxy groups -OCH3 is 1. The van der Waals surface area contributed by atoms with E-state index in [1.54, 1.807) is 7.11 Å². The molecule has 1 saturated carbocycles. The third kappa shape index (κ3) is 6.20. The maximum absolute atomic E-state index is 12.0. The van der Waals surface area contributed by atoms with E-state index in [2.05, 4.69) is 5.32 Å². The maximum atomic E-state index is 12.0. The lowest BCUT2D eigenvalue weighted by atomic mass is 9.85. The van der Waals surface area contributed by atoms with Gasteiger partial charge in [-0.3, -0.25) is 4.79 Å². The van der Waals surface area contributed by atoms with Gasteiger partial charge in [0.2, 0.25) is 5.91 Å². The minimum absolute atomic E-state index is 0.0963. The Labute approximate surface area is 138 Å². The van der Waals surface area contributed by atoms with Crippen LogP contribution >= 0.6 is 0 Å². The molecule has 1 fully saturated rings. The van der Waals surface area contributed by atoms with E-state index in [1.165, 1.54) is 0 Å². The summed E-state index contributed by atoms with van der Waals surface area (Å²) in [4.78, 5) is 12.0. The number of ether oxygens (including phenoxy) is 2. The molecule has 1 aromatic rings. The fourth-order valence-corrected chi connectivity index (χ4v) is 2.91. The van der Waals surface area contributed by atoms with Crippen LogP contribution in [0.15, 0.2) is 24.3 Å². The van der Waals surface area contributed by atoms with E-state index in [0.29, 0.717) is 19.8 Å². The van der Waals surface area contributed by atoms with Gasteiger partial charge in [0.05, 0.1) is 13.7 Å². The number of rotatable bonds is 8. The molecule has 0 bridgehead atoms. The van der Waals surface area contributed by atoms with Crippen molar-refractivity contribution in [1.82, 2.24) is 5.32 Å². The van der Waals surface area contributed by atoms with Gasteiger partial charge in [-0.15, -0.1) is 0 Å². The lowest BCUT2D eigenvalue weighted by Crippen LogP contribution is -2.38. The second-order valence-corrected chi connectivity index (χ2v) is 6.17. The molecule has 0 aromatic heterocycles. The van der Waals surface area contributed by atoms with Gasteiger partial charge in [-0.2, -0.15) is 0 Å². The highest BCUT2D eigenvalue weighted by Crippen LogP contribution is 2.23. The summed E-state index contributed by atoms with van der Waals surface area (Å²) in [5, 5.41) is 3.00. The van der Waals surface area contributed by atoms with Crippen LogP contribution in [-0.4, -0.2) is 32.2 Å². The van der Waals surface area contributed by atoms with Gasteiger partial charge in [0, 0.05) is 25.1 Å². The monoisotopic (exact) mass is 320 g/mol. The molecule has 1 aliphatic carbocycles. The van der Waals surface area contributed by atoms with Crippen molar-refractivity contribution in [2.75, 3.05) is 20.3 Å². The molecule has 2 atom stereocenters. The lowest BCUT2D eigenvalue weighted by Gasteiger charge is -2.25. The number of nitrogens with one attached hydrogen (secondary N) is 1. The highest BCUT2D eigenvalue weighted by atomic mass is 16.5. The van der Waals surface area contributed by atoms with Crippen LogP contribution in [0.4, 0.5) is 0 Å². The zero-order chi connectivity index (χ0) is 16.5. The van der Waals surface area contributed by atoms with E-state index in [4.69, 9.17) is 15.2 Å². The van der Waals surface area contributed by atoms with E-state index in [-0.39, 0.29) is 17.9 Å². The van der Waals surface area contributed by atoms with Gasteiger partial charge in [0.1, 0.15) is 5.75 Å². The SMILES string of the molecule is COc1ccc(COCCCNC(=O)C2CCCC(N)C2)cc1. The number of hydrogen-bond donors (Lipinski definition) is 2. The van der Waals surface area contributed by atoms with E-state index < -0.39 is 0 Å². The standard InChI is InChI=1S/C18H28N2O3/c1-22-17-8-6-14(7-9-17)13-23-11-3-10-20-18(21)15-4-2-5-16(19)12-15/h6-9,15-16H,2-5,10-13,19H2,1H3,(H,20,21). The molecule has 1 aromatic carbocycles. The Kier molecular flexibility index (Phi) is 7.36. The summed E-state index contributed by atoms with van der Waals surface area (Å²) in [6.45, 7) is 1.87. The Bertz CT molecular complexity index is 476. The maximum Gasteiger partial charge on any atom is 0.223 e. The van der Waals surface area contributed by atoms with Crippen molar-refractivity contribution in [3.8, 4) is 5.75 Å². The highest BCUT2D eigenvalue weighted by Gasteiger charge is 2.24. The summed E-state index contributed by atoms with van der Waals surface area (Å²) >= 11 is 0. The Hall–Kier alpha value is -1.59. The largest absolute Gasteiger partial charge is 0.497 e. The van der Waals surface area contributed by atoms with Crippen LogP contribution in [0, 0.1) is 5.92 Å². The minimum Gasteiger partial charge on any atom is -0.497 e. The second-order valence-electron chi connectivity index (χ2n) is 6.17. The van der Waals surface area contributed by atoms with Gasteiger partial charge in [-0.25, -0.2) is 0 Å². The number of nitrogens with two attached hydrogens (primary N) is 1. The molecular weight excluding hydrogens is 292 g/mol. The average molecular weight is 320 g/mol. The molecule has 0 radical (unpaired) electrons. The summed E-state index contributed by atoms with van der Waals surface area (Å²) < 4.78 is 10.7. The molecule has 0 spiro atoms. The summed E-state index contributed by atoms with van der Waals surface area (Å²) in [6, 6.07) is 8.02. The Balaban J connectivity index is 1.54. The van der Waals surface area contributed by atoms with Crippen LogP contribution in [0.2, 0.25) is 0 Å². The topological polar surface area (TPSA) is 73.6 Å². The predicted molar refractivity (Wildman–Crippen MR) is 90.2 cm³/mol. The quantitative estimate of drug-likeness (QED) is 0.721. The van der Waals surface area contributed by atoms with E-state index in [9.17, 15) is 4.79 Å². The van der Waals surface area contributed by atoms with Crippen molar-refractivity contribution >= 4 is 5.91 Å². The van der Waals surface area contributed by atoms with E-state index in [1.807, 2.05) is 24.3 Å². The first-order chi connectivity index (χ1) is 11.2. The summed E-state index contributed by atoms with van der Waals surface area (Å²) in [6.07, 6.45) is 4.71. The number of carbonyl (C=O) groups is 1. The molecule has 23 heavy (non-hydrogen) atoms. The molecular formula is C18H28N2O3. The third-order valence-electron chi connectivity index (χ3n) is 4.28. The van der Waals surface area contributed by atoms with Crippen molar-refractivity contribution in [1.29, 1.82) is 0 Å². The van der Waals surface area contributed by atoms with Crippen LogP contribution < -0.4 is 15.8 Å². The van der Waals surface area contributed by atoms with E-state index >= 15 is 0 Å². The van der Waals surface area contributed by atoms with Crippen LogP contribution in [0.25, 0.3) is 0 Å².